The lowest BCUT2D eigenvalue weighted by Crippen LogP contribution is -1.98. The first-order valence-electron chi connectivity index (χ1n) is 5.58. The highest BCUT2D eigenvalue weighted by Gasteiger charge is 2.13. The van der Waals surface area contributed by atoms with Crippen LogP contribution < -0.4 is 4.74 Å². The molecule has 0 bridgehead atoms. The normalized spacial score (nSPS) is 11.4. The number of ether oxygens (including phenoxy) is 1. The van der Waals surface area contributed by atoms with Crippen LogP contribution in [-0.4, -0.2) is 8.42 Å². The molecule has 2 rings (SSSR count). The van der Waals surface area contributed by atoms with Gasteiger partial charge in [-0.3, -0.25) is 0 Å². The molecular weight excluding hydrogens is 378 g/mol. The Morgan fingerprint density at radius 2 is 1.67 bits per heavy atom. The van der Waals surface area contributed by atoms with Gasteiger partial charge in [-0.2, -0.15) is 0 Å². The van der Waals surface area contributed by atoms with Gasteiger partial charge >= 0.3 is 0 Å². The Bertz CT molecular complexity index is 775. The van der Waals surface area contributed by atoms with Gasteiger partial charge in [0.25, 0.3) is 9.05 Å². The van der Waals surface area contributed by atoms with Crippen LogP contribution >= 0.6 is 45.5 Å². The predicted molar refractivity (Wildman–Crippen MR) is 85.3 cm³/mol. The average molecular weight is 386 g/mol. The summed E-state index contributed by atoms with van der Waals surface area (Å²) >= 11 is 17.9. The molecule has 0 radical (unpaired) electrons. The molecule has 0 atom stereocenters. The summed E-state index contributed by atoms with van der Waals surface area (Å²) in [5.41, 5.74) is 0.689. The molecule has 0 spiro atoms. The van der Waals surface area contributed by atoms with Gasteiger partial charge in [0.1, 0.15) is 12.4 Å². The van der Waals surface area contributed by atoms with Crippen LogP contribution in [0.5, 0.6) is 5.75 Å². The summed E-state index contributed by atoms with van der Waals surface area (Å²) in [5, 5.41) is 1.18. The van der Waals surface area contributed by atoms with E-state index in [-0.39, 0.29) is 16.5 Å². The third kappa shape index (κ3) is 4.41. The molecule has 8 heteroatoms. The molecule has 0 aliphatic heterocycles. The Morgan fingerprint density at radius 3 is 2.29 bits per heavy atom. The van der Waals surface area contributed by atoms with Crippen molar-refractivity contribution in [3.05, 3.63) is 57.0 Å². The van der Waals surface area contributed by atoms with Gasteiger partial charge in [0, 0.05) is 26.3 Å². The quantitative estimate of drug-likeness (QED) is 0.683. The van der Waals surface area contributed by atoms with Gasteiger partial charge in [-0.05, 0) is 36.4 Å². The molecule has 21 heavy (non-hydrogen) atoms. The largest absolute Gasteiger partial charge is 0.487 e. The van der Waals surface area contributed by atoms with Crippen LogP contribution in [0.25, 0.3) is 0 Å². The number of hydrogen-bond donors (Lipinski definition) is 0. The van der Waals surface area contributed by atoms with E-state index < -0.39 is 9.05 Å². The molecule has 112 valence electrons. The van der Waals surface area contributed by atoms with Crippen molar-refractivity contribution in [3.8, 4) is 5.75 Å². The summed E-state index contributed by atoms with van der Waals surface area (Å²) in [6, 6.07) is 8.96. The van der Waals surface area contributed by atoms with Crippen molar-refractivity contribution < 1.29 is 13.2 Å². The van der Waals surface area contributed by atoms with Crippen molar-refractivity contribution >= 4 is 54.5 Å². The van der Waals surface area contributed by atoms with Crippen LogP contribution in [0.15, 0.2) is 41.3 Å². The fraction of sp³-hybridized carbons (Fsp3) is 0.0769. The third-order valence-electron chi connectivity index (χ3n) is 2.58. The lowest BCUT2D eigenvalue weighted by Gasteiger charge is -2.10. The van der Waals surface area contributed by atoms with E-state index in [1.165, 1.54) is 18.2 Å². The monoisotopic (exact) mass is 384 g/mol. The standard InChI is InChI=1S/C13H8Cl4O3S/c14-9-1-3-11(15)8(5-9)7-20-13-4-2-10(6-12(13)16)21(17,18)19/h1-6H,7H2. The maximum Gasteiger partial charge on any atom is 0.261 e. The van der Waals surface area contributed by atoms with E-state index in [0.29, 0.717) is 21.4 Å². The Kier molecular flexibility index (Phi) is 5.28. The Morgan fingerprint density at radius 1 is 0.952 bits per heavy atom. The molecule has 0 aliphatic carbocycles. The van der Waals surface area contributed by atoms with E-state index >= 15 is 0 Å². The molecule has 2 aromatic rings. The molecule has 0 heterocycles. The van der Waals surface area contributed by atoms with Gasteiger partial charge in [0.2, 0.25) is 0 Å². The van der Waals surface area contributed by atoms with Crippen LogP contribution in [-0.2, 0) is 15.7 Å². The number of hydrogen-bond acceptors (Lipinski definition) is 3. The second kappa shape index (κ2) is 6.63. The van der Waals surface area contributed by atoms with Gasteiger partial charge in [0.05, 0.1) is 9.92 Å². The molecule has 0 saturated carbocycles. The summed E-state index contributed by atoms with van der Waals surface area (Å²) in [4.78, 5) is -0.0951. The van der Waals surface area contributed by atoms with Gasteiger partial charge in [0.15, 0.2) is 0 Å². The number of halogens is 4. The van der Waals surface area contributed by atoms with E-state index in [4.69, 9.17) is 50.2 Å². The lowest BCUT2D eigenvalue weighted by molar-refractivity contribution is 0.306. The molecule has 0 amide bonds. The summed E-state index contributed by atoms with van der Waals surface area (Å²) in [6.07, 6.45) is 0. The smallest absolute Gasteiger partial charge is 0.261 e. The molecule has 0 aromatic heterocycles. The minimum absolute atomic E-state index is 0.0951. The van der Waals surface area contributed by atoms with Crippen LogP contribution in [0, 0.1) is 0 Å². The summed E-state index contributed by atoms with van der Waals surface area (Å²) in [5.74, 6) is 0.316. The summed E-state index contributed by atoms with van der Waals surface area (Å²) < 4.78 is 27.9. The van der Waals surface area contributed by atoms with E-state index in [1.54, 1.807) is 18.2 Å². The van der Waals surface area contributed by atoms with E-state index in [9.17, 15) is 8.42 Å². The van der Waals surface area contributed by atoms with E-state index in [0.717, 1.165) is 0 Å². The molecule has 3 nitrogen and oxygen atoms in total. The third-order valence-corrected chi connectivity index (χ3v) is 4.83. The first-order chi connectivity index (χ1) is 9.77. The predicted octanol–water partition coefficient (Wildman–Crippen LogP) is 5.15. The molecule has 0 fully saturated rings. The maximum absolute atomic E-state index is 11.2. The zero-order valence-electron chi connectivity index (χ0n) is 10.3. The van der Waals surface area contributed by atoms with E-state index in [2.05, 4.69) is 0 Å². The highest BCUT2D eigenvalue weighted by molar-refractivity contribution is 8.13. The van der Waals surface area contributed by atoms with Gasteiger partial charge < -0.3 is 4.74 Å². The maximum atomic E-state index is 11.2. The van der Waals surface area contributed by atoms with Crippen LogP contribution in [0.3, 0.4) is 0 Å². The van der Waals surface area contributed by atoms with Crippen LogP contribution in [0.1, 0.15) is 5.56 Å². The molecule has 0 aliphatic rings. The van der Waals surface area contributed by atoms with Crippen LogP contribution in [0.4, 0.5) is 0 Å². The topological polar surface area (TPSA) is 43.4 Å². The molecule has 2 aromatic carbocycles. The zero-order valence-corrected chi connectivity index (χ0v) is 14.2. The van der Waals surface area contributed by atoms with Crippen LogP contribution in [0.2, 0.25) is 15.1 Å². The zero-order chi connectivity index (χ0) is 15.6. The van der Waals surface area contributed by atoms with Gasteiger partial charge in [-0.15, -0.1) is 0 Å². The van der Waals surface area contributed by atoms with Crippen molar-refractivity contribution in [2.75, 3.05) is 0 Å². The minimum atomic E-state index is -3.83. The average Bonchev–Trinajstić information content (AvgIpc) is 2.40. The lowest BCUT2D eigenvalue weighted by atomic mass is 10.2. The molecular formula is C13H8Cl4O3S. The summed E-state index contributed by atoms with van der Waals surface area (Å²) in [6.45, 7) is 0.145. The molecule has 0 saturated heterocycles. The molecule has 0 unspecified atom stereocenters. The SMILES string of the molecule is O=S(=O)(Cl)c1ccc(OCc2cc(Cl)ccc2Cl)c(Cl)c1. The highest BCUT2D eigenvalue weighted by Crippen LogP contribution is 2.30. The second-order valence-electron chi connectivity index (χ2n) is 4.05. The van der Waals surface area contributed by atoms with Crippen molar-refractivity contribution in [1.29, 1.82) is 0 Å². The first-order valence-corrected chi connectivity index (χ1v) is 9.02. The van der Waals surface area contributed by atoms with Crippen molar-refractivity contribution in [3.63, 3.8) is 0 Å². The van der Waals surface area contributed by atoms with E-state index in [1.807, 2.05) is 0 Å². The van der Waals surface area contributed by atoms with Crippen molar-refractivity contribution in [2.45, 2.75) is 11.5 Å². The Hall–Kier alpha value is -0.650. The molecule has 0 N–H and O–H groups in total. The Labute approximate surface area is 141 Å². The van der Waals surface area contributed by atoms with Crippen molar-refractivity contribution in [2.24, 2.45) is 0 Å². The summed E-state index contributed by atoms with van der Waals surface area (Å²) in [7, 11) is 1.41. The minimum Gasteiger partial charge on any atom is -0.487 e. The van der Waals surface area contributed by atoms with Crippen molar-refractivity contribution in [1.82, 2.24) is 0 Å². The first kappa shape index (κ1) is 16.7. The van der Waals surface area contributed by atoms with Gasteiger partial charge in [-0.25, -0.2) is 8.42 Å². The number of rotatable bonds is 4. The van der Waals surface area contributed by atoms with Gasteiger partial charge in [-0.1, -0.05) is 34.8 Å². The Balaban J connectivity index is 2.19. The highest BCUT2D eigenvalue weighted by atomic mass is 35.7. The fourth-order valence-electron chi connectivity index (χ4n) is 1.56. The fourth-order valence-corrected chi connectivity index (χ4v) is 3.00. The second-order valence-corrected chi connectivity index (χ2v) is 7.87. The number of benzene rings is 2.